The first-order chi connectivity index (χ1) is 12.6. The van der Waals surface area contributed by atoms with Crippen LogP contribution in [-0.2, 0) is 11.3 Å². The minimum absolute atomic E-state index is 0.298. The molecule has 1 aliphatic carbocycles. The van der Waals surface area contributed by atoms with Crippen LogP contribution in [0.3, 0.4) is 0 Å². The Kier molecular flexibility index (Phi) is 4.32. The zero-order valence-corrected chi connectivity index (χ0v) is 14.2. The standard InChI is InChI=1S/C18H20FN5O2/c19-13-3-1-2-12(8-13)16-17(25)20-6-7-24(16)18(26)21-10-14-9-15(23-22-14)11-4-5-11/h1-3,8-9,11,16H,4-7,10H2,(H,20,25)(H,21,26)(H,22,23)/t16-/m1/s1. The maximum Gasteiger partial charge on any atom is 0.318 e. The monoisotopic (exact) mass is 357 g/mol. The fraction of sp³-hybridized carbons (Fsp3) is 0.389. The van der Waals surface area contributed by atoms with Crippen LogP contribution in [0.2, 0.25) is 0 Å². The summed E-state index contributed by atoms with van der Waals surface area (Å²) in [5.74, 6) is -0.209. The fourth-order valence-corrected chi connectivity index (χ4v) is 3.22. The maximum atomic E-state index is 13.6. The van der Waals surface area contributed by atoms with Gasteiger partial charge in [-0.2, -0.15) is 5.10 Å². The van der Waals surface area contributed by atoms with Crippen molar-refractivity contribution in [3.05, 3.63) is 53.1 Å². The third-order valence-corrected chi connectivity index (χ3v) is 4.71. The van der Waals surface area contributed by atoms with Crippen molar-refractivity contribution in [1.82, 2.24) is 25.7 Å². The van der Waals surface area contributed by atoms with Crippen molar-refractivity contribution >= 4 is 11.9 Å². The molecule has 1 atom stereocenters. The summed E-state index contributed by atoms with van der Waals surface area (Å²) in [6, 6.07) is 6.53. The molecule has 4 rings (SSSR count). The zero-order chi connectivity index (χ0) is 18.1. The Labute approximate surface area is 150 Å². The quantitative estimate of drug-likeness (QED) is 0.779. The molecule has 2 aliphatic rings. The van der Waals surface area contributed by atoms with Gasteiger partial charge in [-0.3, -0.25) is 9.89 Å². The highest BCUT2D eigenvalue weighted by molar-refractivity contribution is 5.89. The summed E-state index contributed by atoms with van der Waals surface area (Å²) < 4.78 is 13.6. The van der Waals surface area contributed by atoms with E-state index in [2.05, 4.69) is 20.8 Å². The number of rotatable bonds is 4. The van der Waals surface area contributed by atoms with Crippen LogP contribution < -0.4 is 10.6 Å². The highest BCUT2D eigenvalue weighted by atomic mass is 19.1. The predicted octanol–water partition coefficient (Wildman–Crippen LogP) is 1.81. The Bertz CT molecular complexity index is 832. The van der Waals surface area contributed by atoms with Crippen molar-refractivity contribution in [3.8, 4) is 0 Å². The van der Waals surface area contributed by atoms with Crippen molar-refractivity contribution in [2.75, 3.05) is 13.1 Å². The first-order valence-corrected chi connectivity index (χ1v) is 8.73. The molecule has 2 heterocycles. The summed E-state index contributed by atoms with van der Waals surface area (Å²) in [5, 5.41) is 12.7. The van der Waals surface area contributed by atoms with E-state index in [0.717, 1.165) is 24.2 Å². The molecule has 26 heavy (non-hydrogen) atoms. The molecule has 3 amide bonds. The van der Waals surface area contributed by atoms with Gasteiger partial charge in [0, 0.05) is 19.0 Å². The van der Waals surface area contributed by atoms with Crippen LogP contribution in [0.15, 0.2) is 30.3 Å². The Morgan fingerprint density at radius 1 is 1.35 bits per heavy atom. The third-order valence-electron chi connectivity index (χ3n) is 4.71. The van der Waals surface area contributed by atoms with Gasteiger partial charge >= 0.3 is 6.03 Å². The number of halogens is 1. The number of hydrogen-bond acceptors (Lipinski definition) is 3. The van der Waals surface area contributed by atoms with E-state index < -0.39 is 11.9 Å². The summed E-state index contributed by atoms with van der Waals surface area (Å²) in [4.78, 5) is 26.4. The molecule has 2 aromatic rings. The minimum atomic E-state index is -0.844. The van der Waals surface area contributed by atoms with E-state index in [1.807, 2.05) is 6.07 Å². The molecular weight excluding hydrogens is 337 g/mol. The summed E-state index contributed by atoms with van der Waals surface area (Å²) in [6.07, 6.45) is 2.32. The Morgan fingerprint density at radius 3 is 2.96 bits per heavy atom. The second-order valence-electron chi connectivity index (χ2n) is 6.69. The molecule has 0 unspecified atom stereocenters. The Hall–Kier alpha value is -2.90. The predicted molar refractivity (Wildman–Crippen MR) is 91.7 cm³/mol. The average Bonchev–Trinajstić information content (AvgIpc) is 3.38. The van der Waals surface area contributed by atoms with Crippen molar-refractivity contribution in [3.63, 3.8) is 0 Å². The highest BCUT2D eigenvalue weighted by Gasteiger charge is 2.34. The van der Waals surface area contributed by atoms with Crippen LogP contribution >= 0.6 is 0 Å². The van der Waals surface area contributed by atoms with Crippen LogP contribution in [0.5, 0.6) is 0 Å². The van der Waals surface area contributed by atoms with Crippen LogP contribution in [0, 0.1) is 5.82 Å². The molecule has 2 fully saturated rings. The molecule has 7 nitrogen and oxygen atoms in total. The van der Waals surface area contributed by atoms with Crippen molar-refractivity contribution < 1.29 is 14.0 Å². The van der Waals surface area contributed by atoms with E-state index in [9.17, 15) is 14.0 Å². The lowest BCUT2D eigenvalue weighted by Crippen LogP contribution is -2.54. The molecule has 0 radical (unpaired) electrons. The topological polar surface area (TPSA) is 90.1 Å². The van der Waals surface area contributed by atoms with Gasteiger partial charge in [0.05, 0.1) is 17.9 Å². The van der Waals surface area contributed by atoms with Gasteiger partial charge < -0.3 is 15.5 Å². The molecular formula is C18H20FN5O2. The molecule has 1 saturated heterocycles. The van der Waals surface area contributed by atoms with Crippen LogP contribution in [0.25, 0.3) is 0 Å². The van der Waals surface area contributed by atoms with Gasteiger partial charge in [0.2, 0.25) is 5.91 Å². The van der Waals surface area contributed by atoms with Gasteiger partial charge in [0.1, 0.15) is 11.9 Å². The largest absolute Gasteiger partial charge is 0.352 e. The SMILES string of the molecule is O=C1NCCN(C(=O)NCc2cc(C3CC3)n[nH]2)[C@@H]1c1cccc(F)c1. The average molecular weight is 357 g/mol. The second kappa shape index (κ2) is 6.78. The van der Waals surface area contributed by atoms with Gasteiger partial charge in [-0.1, -0.05) is 12.1 Å². The van der Waals surface area contributed by atoms with Crippen LogP contribution in [0.1, 0.15) is 41.8 Å². The first kappa shape index (κ1) is 16.6. The van der Waals surface area contributed by atoms with E-state index in [1.165, 1.54) is 23.1 Å². The number of aromatic nitrogens is 2. The fourth-order valence-electron chi connectivity index (χ4n) is 3.22. The summed E-state index contributed by atoms with van der Waals surface area (Å²) in [6.45, 7) is 1.02. The number of H-pyrrole nitrogens is 1. The molecule has 8 heteroatoms. The lowest BCUT2D eigenvalue weighted by Gasteiger charge is -2.35. The Balaban J connectivity index is 1.46. The molecule has 1 saturated carbocycles. The van der Waals surface area contributed by atoms with Gasteiger partial charge in [-0.25, -0.2) is 9.18 Å². The summed E-state index contributed by atoms with van der Waals surface area (Å²) in [7, 11) is 0. The van der Waals surface area contributed by atoms with Gasteiger partial charge in [0.25, 0.3) is 0 Å². The number of carbonyl (C=O) groups excluding carboxylic acids is 2. The zero-order valence-electron chi connectivity index (χ0n) is 14.2. The number of amides is 3. The van der Waals surface area contributed by atoms with Crippen LogP contribution in [0.4, 0.5) is 9.18 Å². The smallest absolute Gasteiger partial charge is 0.318 e. The first-order valence-electron chi connectivity index (χ1n) is 8.73. The number of benzene rings is 1. The van der Waals surface area contributed by atoms with E-state index in [0.29, 0.717) is 31.1 Å². The van der Waals surface area contributed by atoms with E-state index in [1.54, 1.807) is 6.07 Å². The molecule has 1 aliphatic heterocycles. The number of aromatic amines is 1. The number of nitrogens with one attached hydrogen (secondary N) is 3. The number of nitrogens with zero attached hydrogens (tertiary/aromatic N) is 2. The van der Waals surface area contributed by atoms with Gasteiger partial charge in [-0.05, 0) is 36.6 Å². The highest BCUT2D eigenvalue weighted by Crippen LogP contribution is 2.39. The number of hydrogen-bond donors (Lipinski definition) is 3. The second-order valence-corrected chi connectivity index (χ2v) is 6.69. The third kappa shape index (κ3) is 3.40. The van der Waals surface area contributed by atoms with E-state index in [-0.39, 0.29) is 11.9 Å². The van der Waals surface area contributed by atoms with Crippen molar-refractivity contribution in [2.45, 2.75) is 31.3 Å². The minimum Gasteiger partial charge on any atom is -0.352 e. The molecule has 0 bridgehead atoms. The molecule has 1 aromatic heterocycles. The molecule has 136 valence electrons. The number of urea groups is 1. The lowest BCUT2D eigenvalue weighted by molar-refractivity contribution is -0.127. The number of carbonyl (C=O) groups is 2. The normalized spacial score (nSPS) is 20.0. The van der Waals surface area contributed by atoms with E-state index >= 15 is 0 Å². The molecule has 0 spiro atoms. The van der Waals surface area contributed by atoms with Crippen molar-refractivity contribution in [2.24, 2.45) is 0 Å². The number of piperazine rings is 1. The lowest BCUT2D eigenvalue weighted by atomic mass is 10.0. The van der Waals surface area contributed by atoms with Gasteiger partial charge in [0.15, 0.2) is 0 Å². The summed E-state index contributed by atoms with van der Waals surface area (Å²) in [5.41, 5.74) is 2.31. The maximum absolute atomic E-state index is 13.6. The summed E-state index contributed by atoms with van der Waals surface area (Å²) >= 11 is 0. The van der Waals surface area contributed by atoms with Gasteiger partial charge in [-0.15, -0.1) is 0 Å². The van der Waals surface area contributed by atoms with E-state index in [4.69, 9.17) is 0 Å². The molecule has 1 aromatic carbocycles. The Morgan fingerprint density at radius 2 is 2.19 bits per heavy atom. The molecule has 3 N–H and O–H groups in total. The van der Waals surface area contributed by atoms with Crippen LogP contribution in [-0.4, -0.2) is 40.1 Å². The van der Waals surface area contributed by atoms with Crippen molar-refractivity contribution in [1.29, 1.82) is 0 Å².